The van der Waals surface area contributed by atoms with Crippen LogP contribution in [0.15, 0.2) is 5.34 Å². The monoisotopic (exact) mass is 121 g/mol. The van der Waals surface area contributed by atoms with Crippen LogP contribution in [-0.4, -0.2) is 16.9 Å². The van der Waals surface area contributed by atoms with Gasteiger partial charge in [0.25, 0.3) is 0 Å². The molecular formula is C4H11NO3. The molecule has 0 aliphatic heterocycles. The van der Waals surface area contributed by atoms with Gasteiger partial charge in [0.15, 0.2) is 5.34 Å². The van der Waals surface area contributed by atoms with Crippen LogP contribution in [0.1, 0.15) is 19.8 Å². The molecule has 0 aromatic heterocycles. The average Bonchev–Trinajstić information content (AvgIpc) is 1.71. The number of rotatable bonds is 2. The van der Waals surface area contributed by atoms with Gasteiger partial charge in [-0.2, -0.15) is 0 Å². The van der Waals surface area contributed by atoms with E-state index in [1.807, 2.05) is 0 Å². The number of unbranched alkanes of at least 4 members (excludes halogenated alkanes) is 1. The number of nitrogens with zero attached hydrogens (tertiary/aromatic N) is 1. The summed E-state index contributed by atoms with van der Waals surface area (Å²) in [7, 11) is 0. The minimum atomic E-state index is 0.344. The zero-order valence-corrected chi connectivity index (χ0v) is 4.87. The van der Waals surface area contributed by atoms with Crippen molar-refractivity contribution in [2.45, 2.75) is 19.8 Å². The fourth-order valence-corrected chi connectivity index (χ4v) is 0.158. The summed E-state index contributed by atoms with van der Waals surface area (Å²) in [5, 5.41) is 16.0. The summed E-state index contributed by atoms with van der Waals surface area (Å²) in [6.45, 7) is 2.40. The highest BCUT2D eigenvalue weighted by Crippen LogP contribution is 1.78. The van der Waals surface area contributed by atoms with Crippen molar-refractivity contribution in [3.05, 3.63) is 4.91 Å². The zero-order chi connectivity index (χ0) is 6.83. The Bertz CT molecular complexity index is 38.3. The fraction of sp³-hybridized carbons (Fsp3) is 1.00. The van der Waals surface area contributed by atoms with E-state index in [2.05, 4.69) is 6.92 Å². The molecule has 0 bridgehead atoms. The van der Waals surface area contributed by atoms with Crippen molar-refractivity contribution < 1.29 is 10.3 Å². The predicted molar refractivity (Wildman–Crippen MR) is 29.6 cm³/mol. The number of aliphatic hydroxyl groups is 1. The molecule has 0 unspecified atom stereocenters. The van der Waals surface area contributed by atoms with Crippen molar-refractivity contribution in [2.75, 3.05) is 6.61 Å². The summed E-state index contributed by atoms with van der Waals surface area (Å²) in [6.07, 6.45) is 2.04. The molecule has 0 aliphatic carbocycles. The number of hydrogen-bond acceptors (Lipinski definition) is 3. The third-order valence-electron chi connectivity index (χ3n) is 0.512. The molecule has 0 aromatic rings. The Morgan fingerprint density at radius 1 is 1.62 bits per heavy atom. The average molecular weight is 121 g/mol. The van der Waals surface area contributed by atoms with Gasteiger partial charge in [0.2, 0.25) is 0 Å². The van der Waals surface area contributed by atoms with Crippen LogP contribution >= 0.6 is 0 Å². The van der Waals surface area contributed by atoms with E-state index < -0.39 is 0 Å². The van der Waals surface area contributed by atoms with E-state index in [1.165, 1.54) is 5.34 Å². The highest BCUT2D eigenvalue weighted by Gasteiger charge is 1.69. The minimum absolute atomic E-state index is 0.344. The van der Waals surface area contributed by atoms with Crippen molar-refractivity contribution in [3.63, 3.8) is 0 Å². The second kappa shape index (κ2) is 16.2. The van der Waals surface area contributed by atoms with E-state index in [0.717, 1.165) is 12.8 Å². The quantitative estimate of drug-likeness (QED) is 0.421. The first-order valence-electron chi connectivity index (χ1n) is 2.41. The normalized spacial score (nSPS) is 6.75. The molecule has 4 heteroatoms. The molecule has 0 saturated heterocycles. The van der Waals surface area contributed by atoms with Crippen LogP contribution in [0.4, 0.5) is 0 Å². The number of hydrogen-bond donors (Lipinski definition) is 2. The molecule has 0 fully saturated rings. The lowest BCUT2D eigenvalue weighted by molar-refractivity contribution is 0.287. The SMILES string of the molecule is CCCCO.O=NO. The second-order valence-corrected chi connectivity index (χ2v) is 1.16. The second-order valence-electron chi connectivity index (χ2n) is 1.16. The van der Waals surface area contributed by atoms with Crippen LogP contribution in [0.25, 0.3) is 0 Å². The van der Waals surface area contributed by atoms with E-state index >= 15 is 0 Å². The Kier molecular flexibility index (Phi) is 21.0. The van der Waals surface area contributed by atoms with Gasteiger partial charge < -0.3 is 10.3 Å². The Morgan fingerprint density at radius 3 is 2.00 bits per heavy atom. The van der Waals surface area contributed by atoms with Crippen LogP contribution < -0.4 is 0 Å². The van der Waals surface area contributed by atoms with E-state index in [-0.39, 0.29) is 0 Å². The molecule has 0 aliphatic rings. The Labute approximate surface area is 48.1 Å². The maximum Gasteiger partial charge on any atom is 0.152 e. The Morgan fingerprint density at radius 2 is 2.00 bits per heavy atom. The lowest BCUT2D eigenvalue weighted by Gasteiger charge is -1.79. The van der Waals surface area contributed by atoms with Crippen molar-refractivity contribution in [3.8, 4) is 0 Å². The first kappa shape index (κ1) is 10.4. The Balaban J connectivity index is 0. The summed E-state index contributed by atoms with van der Waals surface area (Å²) in [6, 6.07) is 0. The first-order valence-corrected chi connectivity index (χ1v) is 2.41. The number of aliphatic hydroxyl groups excluding tert-OH is 1. The molecule has 0 rings (SSSR count). The van der Waals surface area contributed by atoms with Gasteiger partial charge in [0, 0.05) is 6.61 Å². The molecule has 0 amide bonds. The lowest BCUT2D eigenvalue weighted by Crippen LogP contribution is -1.75. The molecule has 50 valence electrons. The first-order chi connectivity index (χ1) is 3.83. The van der Waals surface area contributed by atoms with Gasteiger partial charge in [-0.05, 0) is 6.42 Å². The van der Waals surface area contributed by atoms with Gasteiger partial charge in [0.1, 0.15) is 0 Å². The molecule has 0 aromatic carbocycles. The van der Waals surface area contributed by atoms with E-state index in [1.54, 1.807) is 0 Å². The maximum atomic E-state index is 8.11. The van der Waals surface area contributed by atoms with Crippen molar-refractivity contribution in [1.82, 2.24) is 0 Å². The molecular weight excluding hydrogens is 110 g/mol. The van der Waals surface area contributed by atoms with Crippen LogP contribution in [0, 0.1) is 4.91 Å². The molecule has 0 spiro atoms. The van der Waals surface area contributed by atoms with Crippen molar-refractivity contribution >= 4 is 0 Å². The molecule has 0 radical (unpaired) electrons. The molecule has 2 N–H and O–H groups in total. The molecule has 8 heavy (non-hydrogen) atoms. The highest BCUT2D eigenvalue weighted by atomic mass is 16.6. The molecule has 0 atom stereocenters. The largest absolute Gasteiger partial charge is 0.396 e. The summed E-state index contributed by atoms with van der Waals surface area (Å²) < 4.78 is 0. The van der Waals surface area contributed by atoms with Gasteiger partial charge >= 0.3 is 0 Å². The van der Waals surface area contributed by atoms with Gasteiger partial charge in [0.05, 0.1) is 0 Å². The van der Waals surface area contributed by atoms with E-state index in [4.69, 9.17) is 15.2 Å². The fourth-order valence-electron chi connectivity index (χ4n) is 0.158. The molecule has 4 nitrogen and oxygen atoms in total. The summed E-state index contributed by atoms with van der Waals surface area (Å²) in [5.74, 6) is 0. The predicted octanol–water partition coefficient (Wildman–Crippen LogP) is 0.921. The van der Waals surface area contributed by atoms with Gasteiger partial charge in [-0.25, -0.2) is 0 Å². The van der Waals surface area contributed by atoms with Crippen LogP contribution in [0.5, 0.6) is 0 Å². The topological polar surface area (TPSA) is 69.9 Å². The van der Waals surface area contributed by atoms with Gasteiger partial charge in [-0.1, -0.05) is 13.3 Å². The highest BCUT2D eigenvalue weighted by molar-refractivity contribution is 4.23. The third-order valence-corrected chi connectivity index (χ3v) is 0.512. The van der Waals surface area contributed by atoms with Gasteiger partial charge in [-0.3, -0.25) is 0 Å². The third kappa shape index (κ3) is 55.1. The smallest absolute Gasteiger partial charge is 0.152 e. The van der Waals surface area contributed by atoms with Crippen molar-refractivity contribution in [2.24, 2.45) is 5.34 Å². The zero-order valence-electron chi connectivity index (χ0n) is 4.87. The lowest BCUT2D eigenvalue weighted by atomic mass is 10.4. The minimum Gasteiger partial charge on any atom is -0.396 e. The van der Waals surface area contributed by atoms with Crippen molar-refractivity contribution in [1.29, 1.82) is 0 Å². The standard InChI is InChI=1S/C4H10O.HNO2/c1-2-3-4-5;2-1-3/h5H,2-4H2,1H3;(H,2,3). The van der Waals surface area contributed by atoms with Crippen LogP contribution in [-0.2, 0) is 0 Å². The summed E-state index contributed by atoms with van der Waals surface area (Å²) in [4.78, 5) is 8.11. The summed E-state index contributed by atoms with van der Waals surface area (Å²) >= 11 is 0. The van der Waals surface area contributed by atoms with Gasteiger partial charge in [-0.15, -0.1) is 4.91 Å². The van der Waals surface area contributed by atoms with Crippen LogP contribution in [0.3, 0.4) is 0 Å². The van der Waals surface area contributed by atoms with E-state index in [0.29, 0.717) is 6.61 Å². The van der Waals surface area contributed by atoms with Crippen LogP contribution in [0.2, 0.25) is 0 Å². The molecule has 0 heterocycles. The van der Waals surface area contributed by atoms with E-state index in [9.17, 15) is 0 Å². The maximum absolute atomic E-state index is 8.11. The molecule has 0 saturated carbocycles. The Hall–Kier alpha value is -0.640. The summed E-state index contributed by atoms with van der Waals surface area (Å²) in [5.41, 5.74) is 0.